The van der Waals surface area contributed by atoms with E-state index < -0.39 is 0 Å². The molecule has 1 N–H and O–H groups in total. The first-order valence-electron chi connectivity index (χ1n) is 8.72. The maximum atomic E-state index is 11.5. The summed E-state index contributed by atoms with van der Waals surface area (Å²) < 4.78 is 11.2. The monoisotopic (exact) mass is 390 g/mol. The minimum absolute atomic E-state index is 0. The molecule has 0 atom stereocenters. The number of amides is 1. The average molecular weight is 391 g/mol. The Morgan fingerprint density at radius 2 is 2.00 bits per heavy atom. The third-order valence-corrected chi connectivity index (χ3v) is 4.22. The van der Waals surface area contributed by atoms with E-state index in [-0.39, 0.29) is 18.3 Å². The topological polar surface area (TPSA) is 50.8 Å². The maximum absolute atomic E-state index is 11.5. The number of nitrogens with one attached hydrogen (secondary N) is 1. The van der Waals surface area contributed by atoms with Crippen molar-refractivity contribution in [3.05, 3.63) is 22.7 Å². The Labute approximate surface area is 161 Å². The number of rotatable bonds is 10. The van der Waals surface area contributed by atoms with E-state index in [0.717, 1.165) is 38.0 Å². The van der Waals surface area contributed by atoms with Gasteiger partial charge in [0.25, 0.3) is 0 Å². The van der Waals surface area contributed by atoms with Gasteiger partial charge in [-0.15, -0.1) is 12.4 Å². The molecule has 1 aromatic carbocycles. The number of carbonyl (C=O) groups is 1. The number of halogens is 2. The van der Waals surface area contributed by atoms with Crippen LogP contribution in [0.15, 0.2) is 12.1 Å². The van der Waals surface area contributed by atoms with Crippen LogP contribution in [-0.4, -0.2) is 43.7 Å². The van der Waals surface area contributed by atoms with Gasteiger partial charge in [-0.3, -0.25) is 4.79 Å². The van der Waals surface area contributed by atoms with Gasteiger partial charge in [0.2, 0.25) is 5.91 Å². The predicted molar refractivity (Wildman–Crippen MR) is 103 cm³/mol. The summed E-state index contributed by atoms with van der Waals surface area (Å²) in [6, 6.07) is 3.88. The molecule has 7 heteroatoms. The van der Waals surface area contributed by atoms with Gasteiger partial charge in [0, 0.05) is 26.1 Å². The molecule has 0 unspecified atom stereocenters. The van der Waals surface area contributed by atoms with E-state index in [1.165, 1.54) is 0 Å². The molecule has 1 amide bonds. The number of carbonyl (C=O) groups excluding carboxylic acids is 1. The summed E-state index contributed by atoms with van der Waals surface area (Å²) in [5, 5.41) is 3.97. The second-order valence-electron chi connectivity index (χ2n) is 5.79. The van der Waals surface area contributed by atoms with Crippen LogP contribution in [0.2, 0.25) is 5.02 Å². The first-order valence-corrected chi connectivity index (χ1v) is 9.10. The van der Waals surface area contributed by atoms with Gasteiger partial charge in [-0.05, 0) is 50.9 Å². The predicted octanol–water partition coefficient (Wildman–Crippen LogP) is 3.66. The van der Waals surface area contributed by atoms with Crippen LogP contribution in [0.4, 0.5) is 0 Å². The van der Waals surface area contributed by atoms with E-state index in [0.29, 0.717) is 42.7 Å². The van der Waals surface area contributed by atoms with Gasteiger partial charge in [0.15, 0.2) is 11.5 Å². The average Bonchev–Trinajstić information content (AvgIpc) is 2.96. The van der Waals surface area contributed by atoms with Gasteiger partial charge in [0.05, 0.1) is 18.2 Å². The lowest BCUT2D eigenvalue weighted by Crippen LogP contribution is -2.28. The molecule has 1 aliphatic rings. The number of hydrogen-bond donors (Lipinski definition) is 1. The lowest BCUT2D eigenvalue weighted by Gasteiger charge is -2.16. The highest BCUT2D eigenvalue weighted by Gasteiger charge is 2.18. The third kappa shape index (κ3) is 6.57. The van der Waals surface area contributed by atoms with E-state index >= 15 is 0 Å². The van der Waals surface area contributed by atoms with E-state index in [2.05, 4.69) is 5.32 Å². The molecule has 0 saturated carbocycles. The summed E-state index contributed by atoms with van der Waals surface area (Å²) in [6.45, 7) is 8.29. The lowest BCUT2D eigenvalue weighted by atomic mass is 10.2. The molecular formula is C18H28Cl2N2O3. The number of likely N-dealkylation sites (tertiary alicyclic amines) is 1. The molecule has 2 rings (SSSR count). The van der Waals surface area contributed by atoms with Gasteiger partial charge in [-0.1, -0.05) is 11.6 Å². The molecule has 0 aromatic heterocycles. The Morgan fingerprint density at radius 3 is 2.64 bits per heavy atom. The second-order valence-corrected chi connectivity index (χ2v) is 6.19. The van der Waals surface area contributed by atoms with Crippen LogP contribution >= 0.6 is 24.0 Å². The van der Waals surface area contributed by atoms with Crippen LogP contribution < -0.4 is 14.8 Å². The van der Waals surface area contributed by atoms with Crippen LogP contribution in [0, 0.1) is 0 Å². The first kappa shape index (κ1) is 21.9. The highest BCUT2D eigenvalue weighted by Crippen LogP contribution is 2.36. The van der Waals surface area contributed by atoms with Crippen LogP contribution in [0.5, 0.6) is 11.5 Å². The summed E-state index contributed by atoms with van der Waals surface area (Å²) >= 11 is 6.31. The molecule has 1 aliphatic heterocycles. The molecule has 25 heavy (non-hydrogen) atoms. The third-order valence-electron chi connectivity index (χ3n) is 3.94. The highest BCUT2D eigenvalue weighted by atomic mass is 35.5. The molecule has 1 fully saturated rings. The number of nitrogens with zero attached hydrogens (tertiary/aromatic N) is 1. The Bertz CT molecular complexity index is 555. The molecule has 1 saturated heterocycles. The molecule has 5 nitrogen and oxygen atoms in total. The molecule has 142 valence electrons. The summed E-state index contributed by atoms with van der Waals surface area (Å²) in [4.78, 5) is 13.5. The quantitative estimate of drug-likeness (QED) is 0.619. The van der Waals surface area contributed by atoms with E-state index in [4.69, 9.17) is 21.1 Å². The highest BCUT2D eigenvalue weighted by molar-refractivity contribution is 6.32. The van der Waals surface area contributed by atoms with Crippen molar-refractivity contribution in [2.45, 2.75) is 39.7 Å². The fourth-order valence-corrected chi connectivity index (χ4v) is 3.13. The minimum atomic E-state index is 0. The Morgan fingerprint density at radius 1 is 1.24 bits per heavy atom. The molecular weight excluding hydrogens is 363 g/mol. The van der Waals surface area contributed by atoms with Gasteiger partial charge in [0.1, 0.15) is 0 Å². The zero-order chi connectivity index (χ0) is 17.4. The fourth-order valence-electron chi connectivity index (χ4n) is 2.84. The van der Waals surface area contributed by atoms with E-state index in [9.17, 15) is 4.79 Å². The molecule has 0 spiro atoms. The number of hydrogen-bond acceptors (Lipinski definition) is 4. The normalized spacial score (nSPS) is 13.7. The van der Waals surface area contributed by atoms with Crippen molar-refractivity contribution in [1.82, 2.24) is 10.2 Å². The fraction of sp³-hybridized carbons (Fsp3) is 0.611. The largest absolute Gasteiger partial charge is 0.490 e. The molecule has 0 bridgehead atoms. The number of ether oxygens (including phenoxy) is 2. The SMILES string of the molecule is CCOc1cc(CNCCCN2CCCC2=O)cc(Cl)c1OCC.Cl. The first-order chi connectivity index (χ1) is 11.7. The van der Waals surface area contributed by atoms with Crippen molar-refractivity contribution in [3.8, 4) is 11.5 Å². The Kier molecular flexibility index (Phi) is 10.0. The summed E-state index contributed by atoms with van der Waals surface area (Å²) in [5.41, 5.74) is 1.06. The standard InChI is InChI=1S/C18H27ClN2O3.ClH/c1-3-23-16-12-14(11-15(19)18(16)24-4-2)13-20-8-6-10-21-9-5-7-17(21)22;/h11-12,20H,3-10,13H2,1-2H3;1H. The summed E-state index contributed by atoms with van der Waals surface area (Å²) in [7, 11) is 0. The number of benzene rings is 1. The van der Waals surface area contributed by atoms with Crippen molar-refractivity contribution in [1.29, 1.82) is 0 Å². The zero-order valence-electron chi connectivity index (χ0n) is 15.0. The van der Waals surface area contributed by atoms with Gasteiger partial charge < -0.3 is 19.7 Å². The van der Waals surface area contributed by atoms with Crippen molar-refractivity contribution >= 4 is 29.9 Å². The van der Waals surface area contributed by atoms with Crippen molar-refractivity contribution in [2.24, 2.45) is 0 Å². The summed E-state index contributed by atoms with van der Waals surface area (Å²) in [6.07, 6.45) is 2.66. The van der Waals surface area contributed by atoms with Crippen molar-refractivity contribution < 1.29 is 14.3 Å². The van der Waals surface area contributed by atoms with Gasteiger partial charge in [-0.25, -0.2) is 0 Å². The van der Waals surface area contributed by atoms with E-state index in [1.54, 1.807) is 0 Å². The summed E-state index contributed by atoms with van der Waals surface area (Å²) in [5.74, 6) is 1.58. The zero-order valence-corrected chi connectivity index (χ0v) is 16.5. The smallest absolute Gasteiger partial charge is 0.222 e. The van der Waals surface area contributed by atoms with Crippen LogP contribution in [0.25, 0.3) is 0 Å². The lowest BCUT2D eigenvalue weighted by molar-refractivity contribution is -0.127. The molecule has 1 heterocycles. The molecule has 0 aliphatic carbocycles. The van der Waals surface area contributed by atoms with Gasteiger partial charge >= 0.3 is 0 Å². The van der Waals surface area contributed by atoms with Crippen LogP contribution in [0.1, 0.15) is 38.7 Å². The Balaban J connectivity index is 0.00000312. The maximum Gasteiger partial charge on any atom is 0.222 e. The van der Waals surface area contributed by atoms with Crippen molar-refractivity contribution in [2.75, 3.05) is 32.8 Å². The molecule has 0 radical (unpaired) electrons. The molecule has 1 aromatic rings. The van der Waals surface area contributed by atoms with Gasteiger partial charge in [-0.2, -0.15) is 0 Å². The minimum Gasteiger partial charge on any atom is -0.490 e. The van der Waals surface area contributed by atoms with Crippen LogP contribution in [0.3, 0.4) is 0 Å². The second kappa shape index (κ2) is 11.4. The van der Waals surface area contributed by atoms with Crippen LogP contribution in [-0.2, 0) is 11.3 Å². The van der Waals surface area contributed by atoms with Crippen molar-refractivity contribution in [3.63, 3.8) is 0 Å². The van der Waals surface area contributed by atoms with E-state index in [1.807, 2.05) is 30.9 Å². The Hall–Kier alpha value is -1.17.